The molecule has 3 nitrogen and oxygen atoms in total. The molecule has 0 radical (unpaired) electrons. The second-order valence-electron chi connectivity index (χ2n) is 2.20. The molecule has 13 heavy (non-hydrogen) atoms. The predicted octanol–water partition coefficient (Wildman–Crippen LogP) is 1.53. The number of nitriles is 1. The lowest BCUT2D eigenvalue weighted by Gasteiger charge is -1.99. The van der Waals surface area contributed by atoms with Crippen molar-refractivity contribution < 1.29 is 18.7 Å². The molecule has 0 saturated heterocycles. The van der Waals surface area contributed by atoms with Crippen LogP contribution in [0.25, 0.3) is 0 Å². The number of halogens is 2. The number of carboxylic acids is 1. The minimum Gasteiger partial charge on any atom is -0.477 e. The van der Waals surface area contributed by atoms with Gasteiger partial charge in [0, 0.05) is 0 Å². The van der Waals surface area contributed by atoms with Gasteiger partial charge >= 0.3 is 5.97 Å². The molecular formula is C8H3F2NO2. The molecule has 1 aromatic carbocycles. The summed E-state index contributed by atoms with van der Waals surface area (Å²) in [5.74, 6) is -4.26. The van der Waals surface area contributed by atoms with Crippen molar-refractivity contribution >= 4 is 5.97 Å². The van der Waals surface area contributed by atoms with Crippen molar-refractivity contribution in [1.29, 1.82) is 5.26 Å². The second-order valence-corrected chi connectivity index (χ2v) is 2.20. The smallest absolute Gasteiger partial charge is 0.341 e. The highest BCUT2D eigenvalue weighted by Crippen LogP contribution is 2.15. The van der Waals surface area contributed by atoms with Crippen LogP contribution >= 0.6 is 0 Å². The van der Waals surface area contributed by atoms with Crippen molar-refractivity contribution in [3.05, 3.63) is 34.9 Å². The van der Waals surface area contributed by atoms with E-state index in [2.05, 4.69) is 0 Å². The summed E-state index contributed by atoms with van der Waals surface area (Å²) in [7, 11) is 0. The SMILES string of the molecule is N#Cc1ccc(F)c(C(=O)O)c1F. The topological polar surface area (TPSA) is 61.1 Å². The third-order valence-corrected chi connectivity index (χ3v) is 1.43. The van der Waals surface area contributed by atoms with Crippen LogP contribution < -0.4 is 0 Å². The third-order valence-electron chi connectivity index (χ3n) is 1.43. The Morgan fingerprint density at radius 1 is 1.46 bits per heavy atom. The summed E-state index contributed by atoms with van der Waals surface area (Å²) < 4.78 is 25.6. The molecule has 0 fully saturated rings. The fraction of sp³-hybridized carbons (Fsp3) is 0. The summed E-state index contributed by atoms with van der Waals surface area (Å²) in [4.78, 5) is 10.3. The molecule has 0 saturated carbocycles. The Labute approximate surface area is 71.8 Å². The van der Waals surface area contributed by atoms with Crippen LogP contribution in [-0.4, -0.2) is 11.1 Å². The van der Waals surface area contributed by atoms with Gasteiger partial charge in [0.15, 0.2) is 5.82 Å². The molecule has 0 bridgehead atoms. The lowest BCUT2D eigenvalue weighted by atomic mass is 10.1. The zero-order valence-corrected chi connectivity index (χ0v) is 6.21. The van der Waals surface area contributed by atoms with Gasteiger partial charge in [-0.3, -0.25) is 0 Å². The molecule has 0 aromatic heterocycles. The van der Waals surface area contributed by atoms with Crippen molar-refractivity contribution in [2.24, 2.45) is 0 Å². The highest BCUT2D eigenvalue weighted by molar-refractivity contribution is 5.88. The minimum atomic E-state index is -1.73. The van der Waals surface area contributed by atoms with Gasteiger partial charge in [0.25, 0.3) is 0 Å². The molecule has 66 valence electrons. The summed E-state index contributed by atoms with van der Waals surface area (Å²) in [6.07, 6.45) is 0. The molecule has 0 aliphatic rings. The molecule has 5 heteroatoms. The van der Waals surface area contributed by atoms with Gasteiger partial charge in [-0.05, 0) is 12.1 Å². The fourth-order valence-electron chi connectivity index (χ4n) is 0.835. The highest BCUT2D eigenvalue weighted by atomic mass is 19.1. The lowest BCUT2D eigenvalue weighted by molar-refractivity contribution is 0.0686. The minimum absolute atomic E-state index is 0.487. The zero-order valence-electron chi connectivity index (χ0n) is 6.21. The van der Waals surface area contributed by atoms with Crippen LogP contribution in [-0.2, 0) is 0 Å². The number of hydrogen-bond acceptors (Lipinski definition) is 2. The molecule has 0 amide bonds. The molecule has 0 unspecified atom stereocenters. The first kappa shape index (κ1) is 9.13. The molecule has 0 heterocycles. The second kappa shape index (κ2) is 3.19. The van der Waals surface area contributed by atoms with Gasteiger partial charge in [0.2, 0.25) is 0 Å². The molecule has 1 N–H and O–H groups in total. The summed E-state index contributed by atoms with van der Waals surface area (Å²) in [5.41, 5.74) is -1.59. The first-order chi connectivity index (χ1) is 6.07. The van der Waals surface area contributed by atoms with E-state index in [9.17, 15) is 13.6 Å². The van der Waals surface area contributed by atoms with E-state index < -0.39 is 28.7 Å². The van der Waals surface area contributed by atoms with E-state index in [0.29, 0.717) is 0 Å². The number of carbonyl (C=O) groups is 1. The molecular weight excluding hydrogens is 180 g/mol. The van der Waals surface area contributed by atoms with E-state index in [1.165, 1.54) is 6.07 Å². The number of hydrogen-bond donors (Lipinski definition) is 1. The van der Waals surface area contributed by atoms with Crippen LogP contribution in [0.1, 0.15) is 15.9 Å². The fourth-order valence-corrected chi connectivity index (χ4v) is 0.835. The van der Waals surface area contributed by atoms with Crippen LogP contribution in [0.2, 0.25) is 0 Å². The number of rotatable bonds is 1. The van der Waals surface area contributed by atoms with Gasteiger partial charge in [0.05, 0.1) is 5.56 Å². The van der Waals surface area contributed by atoms with Crippen LogP contribution in [0.3, 0.4) is 0 Å². The Hall–Kier alpha value is -1.96. The van der Waals surface area contributed by atoms with Crippen LogP contribution in [0.4, 0.5) is 8.78 Å². The van der Waals surface area contributed by atoms with E-state index in [4.69, 9.17) is 10.4 Å². The largest absolute Gasteiger partial charge is 0.477 e. The first-order valence-corrected chi connectivity index (χ1v) is 3.19. The van der Waals surface area contributed by atoms with Gasteiger partial charge in [-0.15, -0.1) is 0 Å². The average Bonchev–Trinajstić information content (AvgIpc) is 2.04. The van der Waals surface area contributed by atoms with E-state index >= 15 is 0 Å². The highest BCUT2D eigenvalue weighted by Gasteiger charge is 2.19. The molecule has 0 aliphatic carbocycles. The normalized spacial score (nSPS) is 9.31. The standard InChI is InChI=1S/C8H3F2NO2/c9-5-2-1-4(3-11)7(10)6(5)8(12)13/h1-2H,(H,12,13). The predicted molar refractivity (Wildman–Crippen MR) is 38.0 cm³/mol. The maximum Gasteiger partial charge on any atom is 0.341 e. The number of benzene rings is 1. The maximum atomic E-state index is 12.9. The van der Waals surface area contributed by atoms with Gasteiger partial charge in [-0.2, -0.15) is 5.26 Å². The zero-order chi connectivity index (χ0) is 10.0. The van der Waals surface area contributed by atoms with Crippen LogP contribution in [0.15, 0.2) is 12.1 Å². The molecule has 0 spiro atoms. The molecule has 0 aliphatic heterocycles. The maximum absolute atomic E-state index is 12.9. The van der Waals surface area contributed by atoms with E-state index in [1.807, 2.05) is 0 Å². The van der Waals surface area contributed by atoms with E-state index in [-0.39, 0.29) is 0 Å². The van der Waals surface area contributed by atoms with Crippen LogP contribution in [0.5, 0.6) is 0 Å². The number of nitrogens with zero attached hydrogens (tertiary/aromatic N) is 1. The van der Waals surface area contributed by atoms with Crippen molar-refractivity contribution in [3.8, 4) is 6.07 Å². The van der Waals surface area contributed by atoms with Gasteiger partial charge in [-0.1, -0.05) is 0 Å². The van der Waals surface area contributed by atoms with E-state index in [1.54, 1.807) is 0 Å². The van der Waals surface area contributed by atoms with Crippen LogP contribution in [0, 0.1) is 23.0 Å². The molecule has 0 atom stereocenters. The summed E-state index contributed by atoms with van der Waals surface area (Å²) in [5, 5.41) is 16.7. The quantitative estimate of drug-likeness (QED) is 0.718. The Balaban J connectivity index is 3.50. The first-order valence-electron chi connectivity index (χ1n) is 3.19. The Bertz CT molecular complexity index is 409. The van der Waals surface area contributed by atoms with Gasteiger partial charge in [0.1, 0.15) is 17.4 Å². The summed E-state index contributed by atoms with van der Waals surface area (Å²) in [6, 6.07) is 3.04. The third kappa shape index (κ3) is 1.47. The Morgan fingerprint density at radius 2 is 2.08 bits per heavy atom. The summed E-state index contributed by atoms with van der Waals surface area (Å²) >= 11 is 0. The molecule has 1 rings (SSSR count). The van der Waals surface area contributed by atoms with E-state index in [0.717, 1.165) is 12.1 Å². The number of aromatic carboxylic acids is 1. The van der Waals surface area contributed by atoms with Gasteiger partial charge in [-0.25, -0.2) is 13.6 Å². The number of carboxylic acid groups (broad SMARTS) is 1. The van der Waals surface area contributed by atoms with Crippen molar-refractivity contribution in [3.63, 3.8) is 0 Å². The lowest BCUT2D eigenvalue weighted by Crippen LogP contribution is -2.06. The van der Waals surface area contributed by atoms with Crippen molar-refractivity contribution in [1.82, 2.24) is 0 Å². The monoisotopic (exact) mass is 183 g/mol. The Kier molecular flexibility index (Phi) is 2.24. The Morgan fingerprint density at radius 3 is 2.54 bits per heavy atom. The van der Waals surface area contributed by atoms with Crippen molar-refractivity contribution in [2.75, 3.05) is 0 Å². The van der Waals surface area contributed by atoms with Crippen molar-refractivity contribution in [2.45, 2.75) is 0 Å². The molecule has 1 aromatic rings. The average molecular weight is 183 g/mol. The summed E-state index contributed by atoms with van der Waals surface area (Å²) in [6.45, 7) is 0. The van der Waals surface area contributed by atoms with Gasteiger partial charge < -0.3 is 5.11 Å².